The number of rotatable bonds is 1. The Kier molecular flexibility index (Phi) is 4.40. The van der Waals surface area contributed by atoms with Gasteiger partial charge in [-0.25, -0.2) is 4.98 Å². The predicted molar refractivity (Wildman–Crippen MR) is 133 cm³/mol. The van der Waals surface area contributed by atoms with Crippen molar-refractivity contribution in [2.24, 2.45) is 0 Å². The van der Waals surface area contributed by atoms with Gasteiger partial charge in [-0.15, -0.1) is 0 Å². The summed E-state index contributed by atoms with van der Waals surface area (Å²) in [6, 6.07) is 13.1. The summed E-state index contributed by atoms with van der Waals surface area (Å²) in [6.07, 6.45) is 4.38. The third-order valence-electron chi connectivity index (χ3n) is 6.96. The van der Waals surface area contributed by atoms with Gasteiger partial charge in [0.05, 0.1) is 23.0 Å². The van der Waals surface area contributed by atoms with Gasteiger partial charge < -0.3 is 9.72 Å². The zero-order chi connectivity index (χ0) is 23.5. The van der Waals surface area contributed by atoms with Crippen LogP contribution in [0.3, 0.4) is 0 Å². The third kappa shape index (κ3) is 3.27. The molecule has 35 heavy (non-hydrogen) atoms. The molecule has 6 bridgehead atoms. The summed E-state index contributed by atoms with van der Waals surface area (Å²) < 4.78 is 8.14. The highest BCUT2D eigenvalue weighted by atomic mass is 16.5. The minimum atomic E-state index is -0.327. The Bertz CT molecular complexity index is 1720. The summed E-state index contributed by atoms with van der Waals surface area (Å²) in [5.41, 5.74) is 4.03. The van der Waals surface area contributed by atoms with Crippen molar-refractivity contribution >= 4 is 21.9 Å². The lowest BCUT2D eigenvalue weighted by Gasteiger charge is -2.19. The normalized spacial score (nSPS) is 19.3. The molecule has 0 saturated carbocycles. The van der Waals surface area contributed by atoms with Gasteiger partial charge in [-0.2, -0.15) is 0 Å². The summed E-state index contributed by atoms with van der Waals surface area (Å²) in [7, 11) is 0. The van der Waals surface area contributed by atoms with E-state index < -0.39 is 0 Å². The molecule has 2 aliphatic rings. The predicted octanol–water partition coefficient (Wildman–Crippen LogP) is 2.76. The molecule has 2 aromatic carbocycles. The number of benzene rings is 2. The zero-order valence-corrected chi connectivity index (χ0v) is 18.8. The first kappa shape index (κ1) is 20.2. The average molecular weight is 467 g/mol. The highest BCUT2D eigenvalue weighted by molar-refractivity contribution is 5.94. The van der Waals surface area contributed by atoms with Crippen LogP contribution in [0.15, 0.2) is 64.4 Å². The topological polar surface area (TPSA) is 109 Å². The molecule has 1 unspecified atom stereocenters. The standard InChI is InChI=1S/C26H22N6O3/c33-25-23-18-4-1-5-19-22(18)30-32(26(19)34)10-9-31-8-6-17(14-31)35-21-12-16(15-3-2-7-27-13-15)11-20(28-25)24(21)29-23/h1-5,7,11-13,17,30H,6,8-10,14H2,(H,28,33)/t17-/m0/s1. The van der Waals surface area contributed by atoms with Gasteiger partial charge in [-0.1, -0.05) is 18.2 Å². The summed E-state index contributed by atoms with van der Waals surface area (Å²) in [5.74, 6) is 0.626. The maximum absolute atomic E-state index is 13.3. The number of fused-ring (bicyclic) bond motifs is 5. The molecule has 1 fully saturated rings. The van der Waals surface area contributed by atoms with Gasteiger partial charge in [-0.3, -0.25) is 29.3 Å². The fraction of sp³-hybridized carbons (Fsp3) is 0.231. The molecule has 1 saturated heterocycles. The maximum Gasteiger partial charge on any atom is 0.275 e. The smallest absolute Gasteiger partial charge is 0.275 e. The molecule has 2 atom stereocenters. The maximum atomic E-state index is 13.3. The van der Waals surface area contributed by atoms with Gasteiger partial charge in [0.25, 0.3) is 11.1 Å². The quantitative estimate of drug-likeness (QED) is 0.393. The molecule has 9 nitrogen and oxygen atoms in total. The van der Waals surface area contributed by atoms with Crippen LogP contribution in [0.25, 0.3) is 44.3 Å². The van der Waals surface area contributed by atoms with Gasteiger partial charge in [0.15, 0.2) is 0 Å². The molecule has 174 valence electrons. The van der Waals surface area contributed by atoms with Crippen LogP contribution in [-0.4, -0.2) is 55.4 Å². The highest BCUT2D eigenvalue weighted by Crippen LogP contribution is 2.33. The van der Waals surface area contributed by atoms with E-state index >= 15 is 0 Å². The Labute approximate surface area is 199 Å². The first-order chi connectivity index (χ1) is 17.1. The van der Waals surface area contributed by atoms with Crippen LogP contribution in [0.4, 0.5) is 0 Å². The van der Waals surface area contributed by atoms with Crippen LogP contribution in [0, 0.1) is 0 Å². The summed E-state index contributed by atoms with van der Waals surface area (Å²) in [6.45, 7) is 2.91. The van der Waals surface area contributed by atoms with Crippen LogP contribution in [0.5, 0.6) is 5.75 Å². The number of aromatic amines is 2. The average Bonchev–Trinajstić information content (AvgIpc) is 3.46. The van der Waals surface area contributed by atoms with Crippen molar-refractivity contribution in [1.29, 1.82) is 0 Å². The van der Waals surface area contributed by atoms with E-state index in [1.165, 1.54) is 0 Å². The number of nitrogens with one attached hydrogen (secondary N) is 2. The van der Waals surface area contributed by atoms with Gasteiger partial charge >= 0.3 is 0 Å². The summed E-state index contributed by atoms with van der Waals surface area (Å²) in [4.78, 5) is 40.7. The molecule has 9 heteroatoms. The van der Waals surface area contributed by atoms with Gasteiger partial charge in [0.1, 0.15) is 23.1 Å². The molecule has 0 spiro atoms. The Hall–Kier alpha value is -4.24. The number of hydrogen-bond donors (Lipinski definition) is 2. The molecule has 3 aromatic heterocycles. The van der Waals surface area contributed by atoms with Crippen LogP contribution in [-0.2, 0) is 6.54 Å². The molecule has 2 aliphatic heterocycles. The fourth-order valence-electron chi connectivity index (χ4n) is 5.19. The van der Waals surface area contributed by atoms with E-state index in [9.17, 15) is 9.59 Å². The number of aromatic nitrogens is 5. The number of H-pyrrole nitrogens is 2. The number of ether oxygens (including phenoxy) is 1. The molecular formula is C26H22N6O3. The molecular weight excluding hydrogens is 444 g/mol. The molecule has 0 radical (unpaired) electrons. The lowest BCUT2D eigenvalue weighted by atomic mass is 10.1. The number of para-hydroxylation sites is 1. The lowest BCUT2D eigenvalue weighted by molar-refractivity contribution is 0.199. The monoisotopic (exact) mass is 466 g/mol. The van der Waals surface area contributed by atoms with Crippen molar-refractivity contribution in [3.63, 3.8) is 0 Å². The van der Waals surface area contributed by atoms with Crippen molar-refractivity contribution in [2.75, 3.05) is 19.6 Å². The van der Waals surface area contributed by atoms with E-state index in [0.717, 1.165) is 37.2 Å². The van der Waals surface area contributed by atoms with Crippen molar-refractivity contribution < 1.29 is 4.74 Å². The van der Waals surface area contributed by atoms with E-state index in [1.807, 2.05) is 30.3 Å². The van der Waals surface area contributed by atoms with Gasteiger partial charge in [0, 0.05) is 43.2 Å². The first-order valence-electron chi connectivity index (χ1n) is 11.7. The number of hydrogen-bond acceptors (Lipinski definition) is 6. The van der Waals surface area contributed by atoms with Crippen molar-refractivity contribution in [2.45, 2.75) is 19.1 Å². The molecule has 0 aliphatic carbocycles. The first-order valence-corrected chi connectivity index (χ1v) is 11.7. The van der Waals surface area contributed by atoms with E-state index in [0.29, 0.717) is 39.8 Å². The number of nitrogens with zero attached hydrogens (tertiary/aromatic N) is 4. The van der Waals surface area contributed by atoms with E-state index in [1.54, 1.807) is 29.2 Å². The Morgan fingerprint density at radius 2 is 1.97 bits per heavy atom. The fourth-order valence-corrected chi connectivity index (χ4v) is 5.19. The molecule has 5 heterocycles. The van der Waals surface area contributed by atoms with Gasteiger partial charge in [-0.05, 0) is 36.2 Å². The van der Waals surface area contributed by atoms with Crippen molar-refractivity contribution in [3.05, 3.63) is 75.6 Å². The van der Waals surface area contributed by atoms with Crippen molar-refractivity contribution in [3.8, 4) is 28.1 Å². The summed E-state index contributed by atoms with van der Waals surface area (Å²) >= 11 is 0. The Balaban J connectivity index is 1.52. The Morgan fingerprint density at radius 1 is 1.03 bits per heavy atom. The SMILES string of the molecule is O=c1[nH]c2cc(-c3cccnc3)cc3c2nc1-c1cccc2c(=O)n([nH]c12)CCN1CC[C@@H](C1)O3. The van der Waals surface area contributed by atoms with Crippen molar-refractivity contribution in [1.82, 2.24) is 29.6 Å². The second-order valence-corrected chi connectivity index (χ2v) is 9.15. The van der Waals surface area contributed by atoms with Crippen LogP contribution in [0.2, 0.25) is 0 Å². The third-order valence-corrected chi connectivity index (χ3v) is 6.96. The second kappa shape index (κ2) is 7.64. The van der Waals surface area contributed by atoms with Crippen LogP contribution < -0.4 is 15.9 Å². The lowest BCUT2D eigenvalue weighted by Crippen LogP contribution is -2.30. The van der Waals surface area contributed by atoms with E-state index in [-0.39, 0.29) is 22.9 Å². The highest BCUT2D eigenvalue weighted by Gasteiger charge is 2.26. The van der Waals surface area contributed by atoms with Gasteiger partial charge in [0.2, 0.25) is 0 Å². The Morgan fingerprint density at radius 3 is 2.86 bits per heavy atom. The zero-order valence-electron chi connectivity index (χ0n) is 18.8. The second-order valence-electron chi connectivity index (χ2n) is 9.15. The minimum Gasteiger partial charge on any atom is -0.487 e. The summed E-state index contributed by atoms with van der Waals surface area (Å²) in [5, 5.41) is 3.78. The van der Waals surface area contributed by atoms with Crippen LogP contribution >= 0.6 is 0 Å². The molecule has 7 rings (SSSR count). The molecule has 5 aromatic rings. The molecule has 0 amide bonds. The van der Waals surface area contributed by atoms with E-state index in [2.05, 4.69) is 20.0 Å². The molecule has 2 N–H and O–H groups in total. The van der Waals surface area contributed by atoms with Crippen LogP contribution in [0.1, 0.15) is 6.42 Å². The minimum absolute atomic E-state index is 0.0127. The van der Waals surface area contributed by atoms with E-state index in [4.69, 9.17) is 9.72 Å². The largest absolute Gasteiger partial charge is 0.487 e. The number of pyridine rings is 1.